The van der Waals surface area contributed by atoms with Crippen LogP contribution in [-0.2, 0) is 13.2 Å². The van der Waals surface area contributed by atoms with E-state index in [0.717, 1.165) is 46.5 Å². The summed E-state index contributed by atoms with van der Waals surface area (Å²) in [6, 6.07) is 5.76. The van der Waals surface area contributed by atoms with Crippen molar-refractivity contribution in [2.45, 2.75) is 33.4 Å². The summed E-state index contributed by atoms with van der Waals surface area (Å²) in [7, 11) is 0. The molecule has 20 heavy (non-hydrogen) atoms. The molecular weight excluding hydrogens is 292 g/mol. The van der Waals surface area contributed by atoms with Crippen molar-refractivity contribution >= 4 is 22.9 Å². The second-order valence-corrected chi connectivity index (χ2v) is 6.01. The maximum atomic E-state index is 6.26. The number of hydrogen-bond acceptors (Lipinski definition) is 4. The maximum absolute atomic E-state index is 6.26. The van der Waals surface area contributed by atoms with Crippen molar-refractivity contribution in [3.63, 3.8) is 0 Å². The maximum Gasteiger partial charge on any atom is 0.131 e. The van der Waals surface area contributed by atoms with E-state index >= 15 is 0 Å². The van der Waals surface area contributed by atoms with Gasteiger partial charge in [-0.3, -0.25) is 0 Å². The van der Waals surface area contributed by atoms with Crippen molar-refractivity contribution in [3.8, 4) is 5.75 Å². The number of nitrogens with one attached hydrogen (secondary N) is 1. The standard InChI is InChI=1S/C15H19ClN2OS/c1-3-7-17-8-13-14(16)5-4-6-15(13)19-9-12-10-20-11(2)18-12/h4-6,10,17H,3,7-9H2,1-2H3. The lowest BCUT2D eigenvalue weighted by molar-refractivity contribution is 0.298. The molecule has 0 saturated heterocycles. The molecule has 0 amide bonds. The van der Waals surface area contributed by atoms with E-state index in [2.05, 4.69) is 17.2 Å². The molecular formula is C15H19ClN2OS. The van der Waals surface area contributed by atoms with Gasteiger partial charge in [0.25, 0.3) is 0 Å². The number of benzene rings is 1. The van der Waals surface area contributed by atoms with Gasteiger partial charge in [-0.25, -0.2) is 4.98 Å². The highest BCUT2D eigenvalue weighted by molar-refractivity contribution is 7.09. The molecule has 1 aromatic carbocycles. The topological polar surface area (TPSA) is 34.1 Å². The minimum atomic E-state index is 0.478. The summed E-state index contributed by atoms with van der Waals surface area (Å²) in [4.78, 5) is 4.40. The van der Waals surface area contributed by atoms with E-state index < -0.39 is 0 Å². The van der Waals surface area contributed by atoms with Gasteiger partial charge < -0.3 is 10.1 Å². The Balaban J connectivity index is 2.04. The molecule has 2 aromatic rings. The SMILES string of the molecule is CCCNCc1c(Cl)cccc1OCc1csc(C)n1. The summed E-state index contributed by atoms with van der Waals surface area (Å²) < 4.78 is 5.87. The smallest absolute Gasteiger partial charge is 0.131 e. The van der Waals surface area contributed by atoms with E-state index in [-0.39, 0.29) is 0 Å². The molecule has 5 heteroatoms. The van der Waals surface area contributed by atoms with Gasteiger partial charge in [-0.15, -0.1) is 11.3 Å². The number of aryl methyl sites for hydroxylation is 1. The van der Waals surface area contributed by atoms with Gasteiger partial charge in [0.1, 0.15) is 12.4 Å². The van der Waals surface area contributed by atoms with Crippen molar-refractivity contribution in [1.29, 1.82) is 0 Å². The molecule has 0 unspecified atom stereocenters. The molecule has 1 aromatic heterocycles. The van der Waals surface area contributed by atoms with Crippen molar-refractivity contribution in [2.75, 3.05) is 6.54 Å². The molecule has 0 atom stereocenters. The molecule has 0 aliphatic carbocycles. The highest BCUT2D eigenvalue weighted by Crippen LogP contribution is 2.27. The molecule has 2 rings (SSSR count). The average Bonchev–Trinajstić information content (AvgIpc) is 2.85. The zero-order chi connectivity index (χ0) is 14.4. The van der Waals surface area contributed by atoms with Crippen LogP contribution in [0.15, 0.2) is 23.6 Å². The number of thiazole rings is 1. The van der Waals surface area contributed by atoms with Crippen LogP contribution in [0.4, 0.5) is 0 Å². The van der Waals surface area contributed by atoms with Crippen LogP contribution in [0.25, 0.3) is 0 Å². The lowest BCUT2D eigenvalue weighted by atomic mass is 10.2. The van der Waals surface area contributed by atoms with Crippen molar-refractivity contribution in [3.05, 3.63) is 44.9 Å². The third kappa shape index (κ3) is 4.20. The van der Waals surface area contributed by atoms with Crippen molar-refractivity contribution in [2.24, 2.45) is 0 Å². The van der Waals surface area contributed by atoms with E-state index in [4.69, 9.17) is 16.3 Å². The third-order valence-electron chi connectivity index (χ3n) is 2.85. The van der Waals surface area contributed by atoms with Crippen LogP contribution in [0.1, 0.15) is 29.6 Å². The molecule has 3 nitrogen and oxygen atoms in total. The zero-order valence-corrected chi connectivity index (χ0v) is 13.4. The number of ether oxygens (including phenoxy) is 1. The predicted molar refractivity (Wildman–Crippen MR) is 84.6 cm³/mol. The van der Waals surface area contributed by atoms with E-state index in [9.17, 15) is 0 Å². The highest BCUT2D eigenvalue weighted by atomic mass is 35.5. The van der Waals surface area contributed by atoms with E-state index in [0.29, 0.717) is 6.61 Å². The second-order valence-electron chi connectivity index (χ2n) is 4.54. The number of nitrogens with zero attached hydrogens (tertiary/aromatic N) is 1. The lowest BCUT2D eigenvalue weighted by Crippen LogP contribution is -2.15. The fourth-order valence-corrected chi connectivity index (χ4v) is 2.69. The second kappa shape index (κ2) is 7.62. The Morgan fingerprint density at radius 1 is 1.40 bits per heavy atom. The summed E-state index contributed by atoms with van der Waals surface area (Å²) in [6.07, 6.45) is 1.10. The number of halogens is 1. The molecule has 0 radical (unpaired) electrons. The zero-order valence-electron chi connectivity index (χ0n) is 11.8. The van der Waals surface area contributed by atoms with Crippen molar-refractivity contribution < 1.29 is 4.74 Å². The van der Waals surface area contributed by atoms with Gasteiger partial charge in [0.05, 0.1) is 10.7 Å². The van der Waals surface area contributed by atoms with Crippen LogP contribution < -0.4 is 10.1 Å². The van der Waals surface area contributed by atoms with E-state index in [1.54, 1.807) is 11.3 Å². The Morgan fingerprint density at radius 3 is 2.95 bits per heavy atom. The summed E-state index contributed by atoms with van der Waals surface area (Å²) in [6.45, 7) is 6.30. The number of aromatic nitrogens is 1. The minimum Gasteiger partial charge on any atom is -0.487 e. The van der Waals surface area contributed by atoms with Gasteiger partial charge in [-0.1, -0.05) is 24.6 Å². The molecule has 1 N–H and O–H groups in total. The molecule has 0 aliphatic heterocycles. The highest BCUT2D eigenvalue weighted by Gasteiger charge is 2.09. The first-order chi connectivity index (χ1) is 9.70. The molecule has 0 spiro atoms. The van der Waals surface area contributed by atoms with Gasteiger partial charge in [0.2, 0.25) is 0 Å². The Labute approximate surface area is 129 Å². The Bertz CT molecular complexity index is 557. The van der Waals surface area contributed by atoms with Gasteiger partial charge in [0.15, 0.2) is 0 Å². The van der Waals surface area contributed by atoms with Gasteiger partial charge >= 0.3 is 0 Å². The van der Waals surface area contributed by atoms with Crippen molar-refractivity contribution in [1.82, 2.24) is 10.3 Å². The molecule has 0 bridgehead atoms. The van der Waals surface area contributed by atoms with E-state index in [1.807, 2.05) is 30.5 Å². The normalized spacial score (nSPS) is 10.8. The quantitative estimate of drug-likeness (QED) is 0.779. The summed E-state index contributed by atoms with van der Waals surface area (Å²) in [5.41, 5.74) is 1.97. The monoisotopic (exact) mass is 310 g/mol. The molecule has 0 aliphatic rings. The summed E-state index contributed by atoms with van der Waals surface area (Å²) in [5.74, 6) is 0.826. The Kier molecular flexibility index (Phi) is 5.83. The van der Waals surface area contributed by atoms with Crippen LogP contribution in [0.5, 0.6) is 5.75 Å². The predicted octanol–water partition coefficient (Wildman–Crippen LogP) is 4.18. The molecule has 1 heterocycles. The summed E-state index contributed by atoms with van der Waals surface area (Å²) in [5, 5.41) is 7.17. The molecule has 0 saturated carbocycles. The van der Waals surface area contributed by atoms with Gasteiger partial charge in [0, 0.05) is 22.5 Å². The van der Waals surface area contributed by atoms with Crippen LogP contribution in [0.3, 0.4) is 0 Å². The first kappa shape index (κ1) is 15.3. The largest absolute Gasteiger partial charge is 0.487 e. The number of rotatable bonds is 7. The third-order valence-corrected chi connectivity index (χ3v) is 4.02. The fourth-order valence-electron chi connectivity index (χ4n) is 1.86. The van der Waals surface area contributed by atoms with Gasteiger partial charge in [-0.2, -0.15) is 0 Å². The average molecular weight is 311 g/mol. The first-order valence-corrected chi connectivity index (χ1v) is 7.98. The van der Waals surface area contributed by atoms with Crippen LogP contribution in [0, 0.1) is 6.92 Å². The van der Waals surface area contributed by atoms with E-state index in [1.165, 1.54) is 0 Å². The Hall–Kier alpha value is -1.10. The first-order valence-electron chi connectivity index (χ1n) is 6.72. The fraction of sp³-hybridized carbons (Fsp3) is 0.400. The lowest BCUT2D eigenvalue weighted by Gasteiger charge is -2.13. The molecule has 108 valence electrons. The van der Waals surface area contributed by atoms with Gasteiger partial charge in [-0.05, 0) is 32.0 Å². The molecule has 0 fully saturated rings. The van der Waals surface area contributed by atoms with Crippen LogP contribution in [-0.4, -0.2) is 11.5 Å². The Morgan fingerprint density at radius 2 is 2.25 bits per heavy atom. The number of hydrogen-bond donors (Lipinski definition) is 1. The van der Waals surface area contributed by atoms with Crippen LogP contribution in [0.2, 0.25) is 5.02 Å². The van der Waals surface area contributed by atoms with Crippen LogP contribution >= 0.6 is 22.9 Å². The summed E-state index contributed by atoms with van der Waals surface area (Å²) >= 11 is 7.89. The minimum absolute atomic E-state index is 0.478.